The van der Waals surface area contributed by atoms with Crippen molar-refractivity contribution in [1.82, 2.24) is 10.2 Å². The normalized spacial score (nSPS) is 18.1. The summed E-state index contributed by atoms with van der Waals surface area (Å²) in [6, 6.07) is 5.84. The van der Waals surface area contributed by atoms with Gasteiger partial charge in [0.25, 0.3) is 0 Å². The van der Waals surface area contributed by atoms with Gasteiger partial charge in [0.1, 0.15) is 11.2 Å². The maximum absolute atomic E-state index is 12.1. The van der Waals surface area contributed by atoms with Gasteiger partial charge in [0.05, 0.1) is 0 Å². The highest BCUT2D eigenvalue weighted by molar-refractivity contribution is 6.18. The fourth-order valence-electron chi connectivity index (χ4n) is 1.95. The SMILES string of the molecule is CC1(C)C(=O)NC(=O)N(CCc2ccc(O)cc2)C1=O. The molecule has 1 heterocycles. The summed E-state index contributed by atoms with van der Waals surface area (Å²) in [5.41, 5.74) is -0.346. The zero-order chi connectivity index (χ0) is 14.9. The van der Waals surface area contributed by atoms with E-state index in [-0.39, 0.29) is 12.3 Å². The molecule has 0 saturated carbocycles. The second kappa shape index (κ2) is 4.96. The first-order chi connectivity index (χ1) is 9.32. The second-order valence-electron chi connectivity index (χ2n) is 5.26. The van der Waals surface area contributed by atoms with Gasteiger partial charge in [0.15, 0.2) is 0 Å². The smallest absolute Gasteiger partial charge is 0.330 e. The Balaban J connectivity index is 2.08. The van der Waals surface area contributed by atoms with Crippen molar-refractivity contribution < 1.29 is 19.5 Å². The van der Waals surface area contributed by atoms with Gasteiger partial charge in [-0.2, -0.15) is 0 Å². The molecule has 6 heteroatoms. The molecule has 0 unspecified atom stereocenters. The Kier molecular flexibility index (Phi) is 3.48. The molecule has 0 aromatic heterocycles. The summed E-state index contributed by atoms with van der Waals surface area (Å²) < 4.78 is 0. The number of nitrogens with one attached hydrogen (secondary N) is 1. The van der Waals surface area contributed by atoms with Crippen LogP contribution in [-0.4, -0.2) is 34.4 Å². The summed E-state index contributed by atoms with van der Waals surface area (Å²) in [4.78, 5) is 36.5. The maximum atomic E-state index is 12.1. The summed E-state index contributed by atoms with van der Waals surface area (Å²) in [6.45, 7) is 3.17. The molecule has 1 aromatic carbocycles. The number of phenolic OH excluding ortho intramolecular Hbond substituents is 1. The average Bonchev–Trinajstić information content (AvgIpc) is 2.39. The predicted octanol–water partition coefficient (Wildman–Crippen LogP) is 1.04. The number of rotatable bonds is 3. The Hall–Kier alpha value is -2.37. The molecular weight excluding hydrogens is 260 g/mol. The molecule has 0 spiro atoms. The lowest BCUT2D eigenvalue weighted by Crippen LogP contribution is -2.62. The number of imide groups is 2. The number of hydrogen-bond donors (Lipinski definition) is 2. The van der Waals surface area contributed by atoms with E-state index in [1.807, 2.05) is 0 Å². The first-order valence-corrected chi connectivity index (χ1v) is 6.27. The van der Waals surface area contributed by atoms with Crippen molar-refractivity contribution in [2.24, 2.45) is 5.41 Å². The second-order valence-corrected chi connectivity index (χ2v) is 5.26. The van der Waals surface area contributed by atoms with Crippen LogP contribution in [0.3, 0.4) is 0 Å². The van der Waals surface area contributed by atoms with Gasteiger partial charge in [-0.1, -0.05) is 12.1 Å². The van der Waals surface area contributed by atoms with Gasteiger partial charge in [0.2, 0.25) is 11.8 Å². The molecule has 1 fully saturated rings. The van der Waals surface area contributed by atoms with Crippen molar-refractivity contribution in [2.75, 3.05) is 6.54 Å². The van der Waals surface area contributed by atoms with Crippen LogP contribution in [0.5, 0.6) is 5.75 Å². The zero-order valence-electron chi connectivity index (χ0n) is 11.3. The van der Waals surface area contributed by atoms with Gasteiger partial charge in [-0.05, 0) is 38.0 Å². The fourth-order valence-corrected chi connectivity index (χ4v) is 1.95. The fraction of sp³-hybridized carbons (Fsp3) is 0.357. The lowest BCUT2D eigenvalue weighted by Gasteiger charge is -2.34. The van der Waals surface area contributed by atoms with E-state index in [9.17, 15) is 19.5 Å². The molecule has 106 valence electrons. The molecule has 0 atom stereocenters. The number of urea groups is 1. The molecule has 0 aliphatic carbocycles. The van der Waals surface area contributed by atoms with Crippen LogP contribution in [0, 0.1) is 5.41 Å². The van der Waals surface area contributed by atoms with Crippen LogP contribution in [0.15, 0.2) is 24.3 Å². The lowest BCUT2D eigenvalue weighted by molar-refractivity contribution is -0.148. The minimum Gasteiger partial charge on any atom is -0.508 e. The third-order valence-electron chi connectivity index (χ3n) is 3.37. The van der Waals surface area contributed by atoms with Gasteiger partial charge < -0.3 is 5.11 Å². The molecule has 4 amide bonds. The highest BCUT2D eigenvalue weighted by atomic mass is 16.3. The minimum atomic E-state index is -1.23. The van der Waals surface area contributed by atoms with Crippen LogP contribution in [0.2, 0.25) is 0 Å². The monoisotopic (exact) mass is 276 g/mol. The molecule has 1 aromatic rings. The standard InChI is InChI=1S/C14H16N2O4/c1-14(2)11(18)15-13(20)16(12(14)19)8-7-9-3-5-10(17)6-4-9/h3-6,17H,7-8H2,1-2H3,(H,15,18,20). The van der Waals surface area contributed by atoms with Crippen molar-refractivity contribution >= 4 is 17.8 Å². The third-order valence-corrected chi connectivity index (χ3v) is 3.37. The van der Waals surface area contributed by atoms with E-state index in [4.69, 9.17) is 0 Å². The highest BCUT2D eigenvalue weighted by Gasteiger charge is 2.46. The van der Waals surface area contributed by atoms with E-state index in [0.717, 1.165) is 10.5 Å². The van der Waals surface area contributed by atoms with E-state index >= 15 is 0 Å². The maximum Gasteiger partial charge on any atom is 0.330 e. The Bertz CT molecular complexity index is 563. The number of phenols is 1. The molecule has 1 aliphatic rings. The summed E-state index contributed by atoms with van der Waals surface area (Å²) in [5, 5.41) is 11.4. The molecule has 2 N–H and O–H groups in total. The minimum absolute atomic E-state index is 0.160. The van der Waals surface area contributed by atoms with Crippen molar-refractivity contribution in [1.29, 1.82) is 0 Å². The van der Waals surface area contributed by atoms with Gasteiger partial charge in [-0.3, -0.25) is 19.8 Å². The number of amides is 4. The van der Waals surface area contributed by atoms with Crippen LogP contribution in [0.1, 0.15) is 19.4 Å². The number of hydrogen-bond acceptors (Lipinski definition) is 4. The quantitative estimate of drug-likeness (QED) is 0.808. The van der Waals surface area contributed by atoms with E-state index in [1.54, 1.807) is 24.3 Å². The van der Waals surface area contributed by atoms with Gasteiger partial charge in [0, 0.05) is 6.54 Å². The van der Waals surface area contributed by atoms with E-state index in [1.165, 1.54) is 13.8 Å². The van der Waals surface area contributed by atoms with Gasteiger partial charge in [-0.15, -0.1) is 0 Å². The number of carbonyl (C=O) groups is 3. The first kappa shape index (κ1) is 14.0. The van der Waals surface area contributed by atoms with Crippen molar-refractivity contribution in [3.8, 4) is 5.75 Å². The van der Waals surface area contributed by atoms with Crippen LogP contribution in [0.4, 0.5) is 4.79 Å². The number of barbiturate groups is 1. The molecule has 6 nitrogen and oxygen atoms in total. The summed E-state index contributed by atoms with van der Waals surface area (Å²) in [5.74, 6) is -0.911. The summed E-state index contributed by atoms with van der Waals surface area (Å²) >= 11 is 0. The summed E-state index contributed by atoms with van der Waals surface area (Å²) in [6.07, 6.45) is 0.462. The highest BCUT2D eigenvalue weighted by Crippen LogP contribution is 2.23. The molecule has 20 heavy (non-hydrogen) atoms. The molecule has 1 saturated heterocycles. The van der Waals surface area contributed by atoms with E-state index < -0.39 is 23.3 Å². The van der Waals surface area contributed by atoms with Crippen molar-refractivity contribution in [3.05, 3.63) is 29.8 Å². The molecule has 2 rings (SSSR count). The number of nitrogens with zero attached hydrogens (tertiary/aromatic N) is 1. The van der Waals surface area contributed by atoms with Crippen LogP contribution >= 0.6 is 0 Å². The van der Waals surface area contributed by atoms with E-state index in [0.29, 0.717) is 6.42 Å². The molecular formula is C14H16N2O4. The Morgan fingerprint density at radius 2 is 1.75 bits per heavy atom. The van der Waals surface area contributed by atoms with Crippen molar-refractivity contribution in [2.45, 2.75) is 20.3 Å². The van der Waals surface area contributed by atoms with Crippen LogP contribution < -0.4 is 5.32 Å². The van der Waals surface area contributed by atoms with Gasteiger partial charge >= 0.3 is 6.03 Å². The van der Waals surface area contributed by atoms with Crippen LogP contribution in [0.25, 0.3) is 0 Å². The molecule has 1 aliphatic heterocycles. The lowest BCUT2D eigenvalue weighted by atomic mass is 9.88. The predicted molar refractivity (Wildman–Crippen MR) is 70.8 cm³/mol. The Morgan fingerprint density at radius 3 is 2.35 bits per heavy atom. The van der Waals surface area contributed by atoms with Crippen molar-refractivity contribution in [3.63, 3.8) is 0 Å². The van der Waals surface area contributed by atoms with E-state index in [2.05, 4.69) is 5.32 Å². The largest absolute Gasteiger partial charge is 0.508 e. The molecule has 0 bridgehead atoms. The Morgan fingerprint density at radius 1 is 1.15 bits per heavy atom. The Labute approximate surface area is 116 Å². The molecule has 0 radical (unpaired) electrons. The topological polar surface area (TPSA) is 86.7 Å². The first-order valence-electron chi connectivity index (χ1n) is 6.27. The number of carbonyl (C=O) groups excluding carboxylic acids is 3. The average molecular weight is 276 g/mol. The van der Waals surface area contributed by atoms with Crippen LogP contribution in [-0.2, 0) is 16.0 Å². The van der Waals surface area contributed by atoms with Gasteiger partial charge in [-0.25, -0.2) is 4.79 Å². The third kappa shape index (κ3) is 2.49. The number of aromatic hydroxyl groups is 1. The summed E-state index contributed by atoms with van der Waals surface area (Å²) in [7, 11) is 0. The number of benzene rings is 1. The zero-order valence-corrected chi connectivity index (χ0v) is 11.3.